The van der Waals surface area contributed by atoms with E-state index >= 15 is 0 Å². The quantitative estimate of drug-likeness (QED) is 0.861. The van der Waals surface area contributed by atoms with Crippen LogP contribution in [0.2, 0.25) is 0 Å². The Bertz CT molecular complexity index is 490. The molecular weight excluding hydrogens is 324 g/mol. The normalized spacial score (nSPS) is 18.9. The molecule has 5 nitrogen and oxygen atoms in total. The summed E-state index contributed by atoms with van der Waals surface area (Å²) in [6.07, 6.45) is 1.03. The third kappa shape index (κ3) is 4.61. The third-order valence-electron chi connectivity index (χ3n) is 3.33. The molecule has 108 valence electrons. The number of hydrogen-bond donors (Lipinski definition) is 2. The highest BCUT2D eigenvalue weighted by atomic mass is 79.9. The van der Waals surface area contributed by atoms with Crippen molar-refractivity contribution in [1.29, 1.82) is 0 Å². The number of anilines is 1. The lowest BCUT2D eigenvalue weighted by atomic mass is 10.1. The van der Waals surface area contributed by atoms with Gasteiger partial charge in [-0.25, -0.2) is 0 Å². The van der Waals surface area contributed by atoms with Crippen molar-refractivity contribution in [3.05, 3.63) is 28.7 Å². The Balaban J connectivity index is 1.78. The number of halogens is 1. The highest BCUT2D eigenvalue weighted by molar-refractivity contribution is 9.10. The molecule has 1 atom stereocenters. The molecule has 6 heteroatoms. The number of carbonyl (C=O) groups is 2. The van der Waals surface area contributed by atoms with Crippen LogP contribution in [0.4, 0.5) is 5.69 Å². The highest BCUT2D eigenvalue weighted by Gasteiger charge is 2.25. The van der Waals surface area contributed by atoms with Gasteiger partial charge in [-0.1, -0.05) is 15.9 Å². The van der Waals surface area contributed by atoms with E-state index in [1.165, 1.54) is 0 Å². The average Bonchev–Trinajstić information content (AvgIpc) is 2.78. The van der Waals surface area contributed by atoms with Crippen LogP contribution in [0.15, 0.2) is 28.7 Å². The van der Waals surface area contributed by atoms with Gasteiger partial charge in [-0.05, 0) is 43.1 Å². The van der Waals surface area contributed by atoms with Gasteiger partial charge in [0.1, 0.15) is 0 Å². The van der Waals surface area contributed by atoms with Crippen molar-refractivity contribution in [2.24, 2.45) is 5.92 Å². The number of carboxylic acid groups (broad SMARTS) is 1. The molecule has 0 bridgehead atoms. The topological polar surface area (TPSA) is 69.6 Å². The fourth-order valence-corrected chi connectivity index (χ4v) is 2.67. The second-order valence-corrected chi connectivity index (χ2v) is 5.96. The van der Waals surface area contributed by atoms with Crippen molar-refractivity contribution >= 4 is 33.5 Å². The van der Waals surface area contributed by atoms with E-state index in [9.17, 15) is 9.59 Å². The standard InChI is InChI=1S/C14H17BrN2O3/c15-11-1-3-12(4-2-11)16-13(18)9-17-6-5-10(8-17)7-14(19)20/h1-4,10H,5-9H2,(H,16,18)(H,19,20). The van der Waals surface area contributed by atoms with Gasteiger partial charge in [0.2, 0.25) is 5.91 Å². The van der Waals surface area contributed by atoms with Crippen molar-refractivity contribution in [1.82, 2.24) is 4.90 Å². The summed E-state index contributed by atoms with van der Waals surface area (Å²) in [5.74, 6) is -0.674. The van der Waals surface area contributed by atoms with Crippen LogP contribution < -0.4 is 5.32 Å². The van der Waals surface area contributed by atoms with Gasteiger partial charge in [0.05, 0.1) is 6.54 Å². The minimum Gasteiger partial charge on any atom is -0.481 e. The van der Waals surface area contributed by atoms with Crippen LogP contribution >= 0.6 is 15.9 Å². The van der Waals surface area contributed by atoms with Gasteiger partial charge >= 0.3 is 5.97 Å². The first-order chi connectivity index (χ1) is 9.52. The lowest BCUT2D eigenvalue weighted by molar-refractivity contribution is -0.138. The molecule has 1 amide bonds. The Morgan fingerprint density at radius 3 is 2.70 bits per heavy atom. The molecule has 0 aliphatic carbocycles. The number of nitrogens with zero attached hydrogens (tertiary/aromatic N) is 1. The lowest BCUT2D eigenvalue weighted by Gasteiger charge is -2.15. The molecule has 1 aliphatic heterocycles. The molecule has 0 radical (unpaired) electrons. The number of likely N-dealkylation sites (tertiary alicyclic amines) is 1. The molecule has 1 unspecified atom stereocenters. The van der Waals surface area contributed by atoms with Gasteiger partial charge in [-0.15, -0.1) is 0 Å². The van der Waals surface area contributed by atoms with Crippen LogP contribution in [-0.4, -0.2) is 41.5 Å². The van der Waals surface area contributed by atoms with Gasteiger partial charge in [-0.2, -0.15) is 0 Å². The van der Waals surface area contributed by atoms with E-state index in [1.54, 1.807) is 0 Å². The number of carbonyl (C=O) groups excluding carboxylic acids is 1. The summed E-state index contributed by atoms with van der Waals surface area (Å²) in [5.41, 5.74) is 0.763. The molecule has 2 rings (SSSR count). The number of aliphatic carboxylic acids is 1. The maximum atomic E-state index is 11.9. The second kappa shape index (κ2) is 6.85. The zero-order valence-corrected chi connectivity index (χ0v) is 12.6. The number of carboxylic acids is 1. The summed E-state index contributed by atoms with van der Waals surface area (Å²) >= 11 is 3.34. The molecule has 1 saturated heterocycles. The molecule has 20 heavy (non-hydrogen) atoms. The maximum absolute atomic E-state index is 11.9. The molecule has 0 aromatic heterocycles. The fraction of sp³-hybridized carbons (Fsp3) is 0.429. The minimum atomic E-state index is -0.767. The SMILES string of the molecule is O=C(O)CC1CCN(CC(=O)Nc2ccc(Br)cc2)C1. The molecule has 1 aliphatic rings. The monoisotopic (exact) mass is 340 g/mol. The molecule has 0 saturated carbocycles. The average molecular weight is 341 g/mol. The zero-order chi connectivity index (χ0) is 14.5. The Hall–Kier alpha value is -1.40. The van der Waals surface area contributed by atoms with Gasteiger partial charge < -0.3 is 10.4 Å². The second-order valence-electron chi connectivity index (χ2n) is 5.04. The number of nitrogens with one attached hydrogen (secondary N) is 1. The molecule has 1 aromatic rings. The van der Waals surface area contributed by atoms with Crippen LogP contribution in [0.5, 0.6) is 0 Å². The van der Waals surface area contributed by atoms with Crippen LogP contribution in [0.1, 0.15) is 12.8 Å². The summed E-state index contributed by atoms with van der Waals surface area (Å²) in [7, 11) is 0. The van der Waals surface area contributed by atoms with Crippen molar-refractivity contribution in [3.63, 3.8) is 0 Å². The van der Waals surface area contributed by atoms with Crippen molar-refractivity contribution in [2.75, 3.05) is 25.0 Å². The Labute approximate surface area is 126 Å². The number of rotatable bonds is 5. The van der Waals surface area contributed by atoms with Crippen LogP contribution in [0.3, 0.4) is 0 Å². The predicted octanol–water partition coefficient (Wildman–Crippen LogP) is 2.18. The highest BCUT2D eigenvalue weighted by Crippen LogP contribution is 2.19. The smallest absolute Gasteiger partial charge is 0.303 e. The van der Waals surface area contributed by atoms with Gasteiger partial charge in [-0.3, -0.25) is 14.5 Å². The molecule has 1 heterocycles. The summed E-state index contributed by atoms with van der Waals surface area (Å²) in [5, 5.41) is 11.6. The predicted molar refractivity (Wildman–Crippen MR) is 79.6 cm³/mol. The third-order valence-corrected chi connectivity index (χ3v) is 3.86. The van der Waals surface area contributed by atoms with E-state index < -0.39 is 5.97 Å². The zero-order valence-electron chi connectivity index (χ0n) is 11.0. The van der Waals surface area contributed by atoms with Crippen molar-refractivity contribution in [3.8, 4) is 0 Å². The fourth-order valence-electron chi connectivity index (χ4n) is 2.41. The van der Waals surface area contributed by atoms with Crippen LogP contribution in [0, 0.1) is 5.92 Å². The molecular formula is C14H17BrN2O3. The number of amides is 1. The number of hydrogen-bond acceptors (Lipinski definition) is 3. The van der Waals surface area contributed by atoms with E-state index in [0.29, 0.717) is 13.1 Å². The minimum absolute atomic E-state index is 0.0664. The largest absolute Gasteiger partial charge is 0.481 e. The van der Waals surface area contributed by atoms with Crippen LogP contribution in [-0.2, 0) is 9.59 Å². The Morgan fingerprint density at radius 2 is 2.05 bits per heavy atom. The molecule has 1 aromatic carbocycles. The Morgan fingerprint density at radius 1 is 1.35 bits per heavy atom. The summed E-state index contributed by atoms with van der Waals surface area (Å²) in [6.45, 7) is 1.78. The van der Waals surface area contributed by atoms with Gasteiger partial charge in [0.15, 0.2) is 0 Å². The first kappa shape index (κ1) is 15.0. The van der Waals surface area contributed by atoms with E-state index in [0.717, 1.165) is 23.1 Å². The van der Waals surface area contributed by atoms with Gasteiger partial charge in [0.25, 0.3) is 0 Å². The first-order valence-electron chi connectivity index (χ1n) is 6.52. The number of benzene rings is 1. The first-order valence-corrected chi connectivity index (χ1v) is 7.32. The maximum Gasteiger partial charge on any atom is 0.303 e. The summed E-state index contributed by atoms with van der Waals surface area (Å²) in [4.78, 5) is 24.6. The van der Waals surface area contributed by atoms with Crippen molar-refractivity contribution < 1.29 is 14.7 Å². The van der Waals surface area contributed by atoms with Gasteiger partial charge in [0, 0.05) is 23.1 Å². The molecule has 0 spiro atoms. The van der Waals surface area contributed by atoms with E-state index in [1.807, 2.05) is 29.2 Å². The van der Waals surface area contributed by atoms with E-state index in [2.05, 4.69) is 21.2 Å². The van der Waals surface area contributed by atoms with Crippen LogP contribution in [0.25, 0.3) is 0 Å². The van der Waals surface area contributed by atoms with Crippen molar-refractivity contribution in [2.45, 2.75) is 12.8 Å². The molecule has 2 N–H and O–H groups in total. The summed E-state index contributed by atoms with van der Waals surface area (Å²) < 4.78 is 0.964. The Kier molecular flexibility index (Phi) is 5.14. The van der Waals surface area contributed by atoms with E-state index in [4.69, 9.17) is 5.11 Å². The van der Waals surface area contributed by atoms with E-state index in [-0.39, 0.29) is 18.2 Å². The molecule has 1 fully saturated rings. The summed E-state index contributed by atoms with van der Waals surface area (Å²) in [6, 6.07) is 7.40. The lowest BCUT2D eigenvalue weighted by Crippen LogP contribution is -2.31.